The predicted molar refractivity (Wildman–Crippen MR) is 90.2 cm³/mol. The Morgan fingerprint density at radius 3 is 1.54 bits per heavy atom. The van der Waals surface area contributed by atoms with Gasteiger partial charge in [0.2, 0.25) is 5.88 Å². The second-order valence-corrected chi connectivity index (χ2v) is 6.35. The van der Waals surface area contributed by atoms with Crippen LogP contribution in [0.1, 0.15) is 40.5 Å². The number of rotatable bonds is 11. The molecule has 24 heavy (non-hydrogen) atoms. The summed E-state index contributed by atoms with van der Waals surface area (Å²) in [5.74, 6) is -2.71. The second kappa shape index (κ2) is 11.3. The molecule has 8 heteroatoms. The van der Waals surface area contributed by atoms with Gasteiger partial charge in [-0.05, 0) is 24.7 Å². The van der Waals surface area contributed by atoms with E-state index in [0.717, 1.165) is 12.8 Å². The van der Waals surface area contributed by atoms with E-state index in [4.69, 9.17) is 5.11 Å². The Hall–Kier alpha value is -2.25. The average Bonchev–Trinajstić information content (AvgIpc) is 2.44. The molecule has 0 aliphatic heterocycles. The summed E-state index contributed by atoms with van der Waals surface area (Å²) < 4.78 is 0. The predicted octanol–water partition coefficient (Wildman–Crippen LogP) is 0.755. The highest BCUT2D eigenvalue weighted by atomic mass is 16.4. The highest BCUT2D eigenvalue weighted by molar-refractivity contribution is 6.18. The van der Waals surface area contributed by atoms with Crippen molar-refractivity contribution in [2.45, 2.75) is 40.5 Å². The van der Waals surface area contributed by atoms with Gasteiger partial charge in [-0.3, -0.25) is 14.4 Å². The van der Waals surface area contributed by atoms with Gasteiger partial charge >= 0.3 is 5.97 Å². The summed E-state index contributed by atoms with van der Waals surface area (Å²) in [4.78, 5) is 34.9. The van der Waals surface area contributed by atoms with Crippen molar-refractivity contribution < 1.29 is 24.6 Å². The molecule has 0 radical (unpaired) electrons. The molecule has 0 aromatic heterocycles. The van der Waals surface area contributed by atoms with Gasteiger partial charge < -0.3 is 26.2 Å². The van der Waals surface area contributed by atoms with Crippen LogP contribution in [-0.4, -0.2) is 47.6 Å². The van der Waals surface area contributed by atoms with E-state index < -0.39 is 35.8 Å². The van der Waals surface area contributed by atoms with Crippen LogP contribution in [0.4, 0.5) is 0 Å². The summed E-state index contributed by atoms with van der Waals surface area (Å²) in [5, 5.41) is 25.8. The first-order valence-electron chi connectivity index (χ1n) is 8.10. The molecule has 0 aliphatic carbocycles. The molecule has 5 N–H and O–H groups in total. The van der Waals surface area contributed by atoms with Gasteiger partial charge in [-0.2, -0.15) is 0 Å². The zero-order valence-corrected chi connectivity index (χ0v) is 14.8. The lowest BCUT2D eigenvalue weighted by Gasteiger charge is -2.13. The van der Waals surface area contributed by atoms with Crippen LogP contribution >= 0.6 is 0 Å². The number of aliphatic hydroxyl groups is 1. The van der Waals surface area contributed by atoms with Gasteiger partial charge in [0.05, 0.1) is 0 Å². The molecule has 0 spiro atoms. The molecule has 0 atom stereocenters. The Labute approximate surface area is 142 Å². The fraction of sp³-hybridized carbons (Fsp3) is 0.688. The molecule has 0 bridgehead atoms. The van der Waals surface area contributed by atoms with Gasteiger partial charge in [-0.15, -0.1) is 0 Å². The Morgan fingerprint density at radius 2 is 1.21 bits per heavy atom. The number of carbonyl (C=O) groups is 3. The molecule has 0 saturated heterocycles. The van der Waals surface area contributed by atoms with Crippen LogP contribution in [0.2, 0.25) is 0 Å². The number of hydrogen-bond acceptors (Lipinski definition) is 5. The van der Waals surface area contributed by atoms with Crippen molar-refractivity contribution in [2.75, 3.05) is 19.6 Å². The monoisotopic (exact) mass is 343 g/mol. The van der Waals surface area contributed by atoms with Gasteiger partial charge in [0.25, 0.3) is 11.8 Å². The fourth-order valence-electron chi connectivity index (χ4n) is 1.69. The Bertz CT molecular complexity index is 444. The molecule has 8 nitrogen and oxygen atoms in total. The van der Waals surface area contributed by atoms with Crippen LogP contribution in [0.5, 0.6) is 0 Å². The molecule has 0 aliphatic rings. The van der Waals surface area contributed by atoms with Crippen molar-refractivity contribution in [3.8, 4) is 0 Å². The first-order chi connectivity index (χ1) is 11.1. The fourth-order valence-corrected chi connectivity index (χ4v) is 1.69. The van der Waals surface area contributed by atoms with E-state index >= 15 is 0 Å². The van der Waals surface area contributed by atoms with Crippen molar-refractivity contribution in [1.29, 1.82) is 0 Å². The lowest BCUT2D eigenvalue weighted by Crippen LogP contribution is -2.39. The Morgan fingerprint density at radius 1 is 0.792 bits per heavy atom. The van der Waals surface area contributed by atoms with Crippen molar-refractivity contribution in [1.82, 2.24) is 16.0 Å². The number of nitrogens with one attached hydrogen (secondary N) is 3. The summed E-state index contributed by atoms with van der Waals surface area (Å²) in [6.45, 7) is 8.08. The van der Waals surface area contributed by atoms with Gasteiger partial charge in [0.1, 0.15) is 6.54 Å². The van der Waals surface area contributed by atoms with Gasteiger partial charge in [0, 0.05) is 13.1 Å². The number of aliphatic carboxylic acids is 1. The minimum atomic E-state index is -1.22. The number of aliphatic hydroxyl groups excluding tert-OH is 1. The van der Waals surface area contributed by atoms with E-state index in [2.05, 4.69) is 16.0 Å². The summed E-state index contributed by atoms with van der Waals surface area (Å²) in [5.41, 5.74) is -0.510. The summed E-state index contributed by atoms with van der Waals surface area (Å²) in [7, 11) is 0. The first kappa shape index (κ1) is 21.8. The van der Waals surface area contributed by atoms with Crippen LogP contribution in [-0.2, 0) is 14.4 Å². The zero-order chi connectivity index (χ0) is 18.7. The molecule has 0 aromatic carbocycles. The number of amides is 2. The SMILES string of the molecule is CC(C)CCNC(=O)C(C(=O)NCCC(C)C)=C(O)NCC(=O)O. The topological polar surface area (TPSA) is 128 Å². The largest absolute Gasteiger partial charge is 0.494 e. The molecule has 138 valence electrons. The van der Waals surface area contributed by atoms with E-state index in [-0.39, 0.29) is 0 Å². The lowest BCUT2D eigenvalue weighted by molar-refractivity contribution is -0.136. The third-order valence-corrected chi connectivity index (χ3v) is 3.11. The van der Waals surface area contributed by atoms with Crippen molar-refractivity contribution in [3.63, 3.8) is 0 Å². The van der Waals surface area contributed by atoms with Crippen LogP contribution in [0.25, 0.3) is 0 Å². The average molecular weight is 343 g/mol. The summed E-state index contributed by atoms with van der Waals surface area (Å²) in [6.07, 6.45) is 1.44. The minimum absolute atomic E-state index is 0.353. The van der Waals surface area contributed by atoms with Gasteiger partial charge in [0.15, 0.2) is 5.57 Å². The van der Waals surface area contributed by atoms with E-state index in [9.17, 15) is 19.5 Å². The second-order valence-electron chi connectivity index (χ2n) is 6.35. The van der Waals surface area contributed by atoms with Crippen LogP contribution in [0.3, 0.4) is 0 Å². The zero-order valence-electron chi connectivity index (χ0n) is 14.8. The van der Waals surface area contributed by atoms with E-state index in [1.807, 2.05) is 27.7 Å². The number of carbonyl (C=O) groups excluding carboxylic acids is 2. The Kier molecular flexibility index (Phi) is 10.3. The summed E-state index contributed by atoms with van der Waals surface area (Å²) >= 11 is 0. The van der Waals surface area contributed by atoms with E-state index in [1.54, 1.807) is 0 Å². The lowest BCUT2D eigenvalue weighted by atomic mass is 10.1. The van der Waals surface area contributed by atoms with Crippen molar-refractivity contribution in [2.24, 2.45) is 11.8 Å². The number of hydrogen-bond donors (Lipinski definition) is 5. The maximum Gasteiger partial charge on any atom is 0.322 e. The maximum atomic E-state index is 12.2. The highest BCUT2D eigenvalue weighted by Crippen LogP contribution is 2.03. The minimum Gasteiger partial charge on any atom is -0.494 e. The Balaban J connectivity index is 4.99. The third kappa shape index (κ3) is 9.70. The third-order valence-electron chi connectivity index (χ3n) is 3.11. The molecule has 0 rings (SSSR count). The van der Waals surface area contributed by atoms with Crippen LogP contribution < -0.4 is 16.0 Å². The normalized spacial score (nSPS) is 10.4. The van der Waals surface area contributed by atoms with Crippen molar-refractivity contribution >= 4 is 17.8 Å². The molecule has 0 saturated carbocycles. The molecule has 0 unspecified atom stereocenters. The number of carboxylic acids is 1. The molecular weight excluding hydrogens is 314 g/mol. The maximum absolute atomic E-state index is 12.2. The van der Waals surface area contributed by atoms with Gasteiger partial charge in [-0.1, -0.05) is 27.7 Å². The molecule has 0 heterocycles. The molecular formula is C16H29N3O5. The van der Waals surface area contributed by atoms with E-state index in [1.165, 1.54) is 0 Å². The molecule has 2 amide bonds. The first-order valence-corrected chi connectivity index (χ1v) is 8.10. The van der Waals surface area contributed by atoms with Crippen LogP contribution in [0, 0.1) is 11.8 Å². The number of carboxylic acid groups (broad SMARTS) is 1. The van der Waals surface area contributed by atoms with Crippen molar-refractivity contribution in [3.05, 3.63) is 11.5 Å². The summed E-state index contributed by atoms with van der Waals surface area (Å²) in [6, 6.07) is 0. The smallest absolute Gasteiger partial charge is 0.322 e. The quantitative estimate of drug-likeness (QED) is 0.163. The highest BCUT2D eigenvalue weighted by Gasteiger charge is 2.23. The van der Waals surface area contributed by atoms with E-state index in [0.29, 0.717) is 24.9 Å². The molecule has 0 fully saturated rings. The standard InChI is InChI=1S/C16H29N3O5/c1-10(2)5-7-17-14(22)13(16(24)19-9-12(20)21)15(23)18-8-6-11(3)4/h10-11,19,24H,5-9H2,1-4H3,(H,17,22)(H,18,23)(H,20,21). The van der Waals surface area contributed by atoms with Gasteiger partial charge in [-0.25, -0.2) is 0 Å². The molecule has 0 aromatic rings. The van der Waals surface area contributed by atoms with Crippen LogP contribution in [0.15, 0.2) is 11.5 Å².